The summed E-state index contributed by atoms with van der Waals surface area (Å²) >= 11 is 0. The first-order valence-corrected chi connectivity index (χ1v) is 8.90. The zero-order valence-corrected chi connectivity index (χ0v) is 14.3. The minimum Gasteiger partial charge on any atom is -0.353 e. The second-order valence-electron chi connectivity index (χ2n) is 6.64. The van der Waals surface area contributed by atoms with Crippen LogP contribution in [0.25, 0.3) is 10.9 Å². The van der Waals surface area contributed by atoms with Gasteiger partial charge in [-0.2, -0.15) is 0 Å². The molecule has 1 N–H and O–H groups in total. The predicted molar refractivity (Wildman–Crippen MR) is 95.0 cm³/mol. The summed E-state index contributed by atoms with van der Waals surface area (Å²) in [4.78, 5) is 29.1. The molecule has 1 amide bonds. The molecule has 1 saturated carbocycles. The number of amides is 1. The molecule has 1 aliphatic carbocycles. The van der Waals surface area contributed by atoms with E-state index in [0.717, 1.165) is 18.4 Å². The van der Waals surface area contributed by atoms with Gasteiger partial charge in [-0.15, -0.1) is 0 Å². The van der Waals surface area contributed by atoms with Crippen molar-refractivity contribution in [2.24, 2.45) is 0 Å². The van der Waals surface area contributed by atoms with Crippen LogP contribution in [-0.4, -0.2) is 21.5 Å². The summed E-state index contributed by atoms with van der Waals surface area (Å²) in [5.41, 5.74) is 0.706. The van der Waals surface area contributed by atoms with E-state index in [1.54, 1.807) is 10.6 Å². The van der Waals surface area contributed by atoms with Gasteiger partial charge in [-0.1, -0.05) is 31.4 Å². The lowest BCUT2D eigenvalue weighted by Crippen LogP contribution is -2.36. The van der Waals surface area contributed by atoms with Crippen LogP contribution < -0.4 is 10.9 Å². The minimum absolute atomic E-state index is 0.0224. The van der Waals surface area contributed by atoms with Crippen molar-refractivity contribution in [3.05, 3.63) is 40.4 Å². The Morgan fingerprint density at radius 1 is 1.25 bits per heavy atom. The Morgan fingerprint density at radius 2 is 2.00 bits per heavy atom. The molecule has 1 aromatic heterocycles. The van der Waals surface area contributed by atoms with Gasteiger partial charge in [-0.05, 0) is 38.3 Å². The molecule has 0 atom stereocenters. The highest BCUT2D eigenvalue weighted by molar-refractivity contribution is 5.77. The lowest BCUT2D eigenvalue weighted by atomic mass is 9.95. The van der Waals surface area contributed by atoms with E-state index >= 15 is 0 Å². The van der Waals surface area contributed by atoms with E-state index in [-0.39, 0.29) is 11.5 Å². The van der Waals surface area contributed by atoms with E-state index in [2.05, 4.69) is 10.3 Å². The van der Waals surface area contributed by atoms with Gasteiger partial charge >= 0.3 is 0 Å². The highest BCUT2D eigenvalue weighted by atomic mass is 16.1. The Morgan fingerprint density at radius 3 is 2.79 bits per heavy atom. The number of hydrogen-bond donors (Lipinski definition) is 1. The lowest BCUT2D eigenvalue weighted by molar-refractivity contribution is -0.122. The molecule has 5 heteroatoms. The molecule has 5 nitrogen and oxygen atoms in total. The average molecular weight is 327 g/mol. The first-order chi connectivity index (χ1) is 11.6. The Hall–Kier alpha value is -2.17. The second kappa shape index (κ2) is 7.60. The maximum atomic E-state index is 12.6. The van der Waals surface area contributed by atoms with E-state index < -0.39 is 0 Å². The molecule has 2 aromatic rings. The van der Waals surface area contributed by atoms with Gasteiger partial charge in [0.2, 0.25) is 5.91 Å². The van der Waals surface area contributed by atoms with Crippen molar-refractivity contribution in [1.29, 1.82) is 0 Å². The molecular weight excluding hydrogens is 302 g/mol. The summed E-state index contributed by atoms with van der Waals surface area (Å²) in [5, 5.41) is 3.76. The molecule has 0 saturated heterocycles. The molecule has 128 valence electrons. The first kappa shape index (κ1) is 16.7. The van der Waals surface area contributed by atoms with Crippen LogP contribution in [0.15, 0.2) is 29.1 Å². The van der Waals surface area contributed by atoms with E-state index in [0.29, 0.717) is 36.6 Å². The van der Waals surface area contributed by atoms with Crippen LogP contribution in [0.5, 0.6) is 0 Å². The maximum Gasteiger partial charge on any atom is 0.261 e. The number of carbonyl (C=O) groups excluding carboxylic acids is 1. The van der Waals surface area contributed by atoms with Crippen molar-refractivity contribution < 1.29 is 4.79 Å². The zero-order valence-electron chi connectivity index (χ0n) is 14.3. The monoisotopic (exact) mass is 327 g/mol. The molecule has 0 spiro atoms. The highest BCUT2D eigenvalue weighted by Gasteiger charge is 2.15. The summed E-state index contributed by atoms with van der Waals surface area (Å²) < 4.78 is 1.68. The van der Waals surface area contributed by atoms with Crippen LogP contribution in [0.2, 0.25) is 0 Å². The van der Waals surface area contributed by atoms with Gasteiger partial charge in [0.25, 0.3) is 5.56 Å². The van der Waals surface area contributed by atoms with E-state index in [9.17, 15) is 9.59 Å². The number of rotatable bonds is 5. The topological polar surface area (TPSA) is 64.0 Å². The molecule has 0 unspecified atom stereocenters. The largest absolute Gasteiger partial charge is 0.353 e. The van der Waals surface area contributed by atoms with Gasteiger partial charge in [0.05, 0.1) is 10.9 Å². The van der Waals surface area contributed by atoms with Gasteiger partial charge < -0.3 is 5.32 Å². The van der Waals surface area contributed by atoms with Gasteiger partial charge in [0.1, 0.15) is 5.82 Å². The smallest absolute Gasteiger partial charge is 0.261 e. The molecule has 1 fully saturated rings. The quantitative estimate of drug-likeness (QED) is 0.918. The Labute approximate surface area is 142 Å². The van der Waals surface area contributed by atoms with Crippen molar-refractivity contribution >= 4 is 16.8 Å². The maximum absolute atomic E-state index is 12.6. The SMILES string of the molecule is Cc1nc2ccccc2c(=O)n1CCCC(=O)NC1CCCCC1. The number of hydrogen-bond acceptors (Lipinski definition) is 3. The van der Waals surface area contributed by atoms with Crippen LogP contribution >= 0.6 is 0 Å². The summed E-state index contributed by atoms with van der Waals surface area (Å²) in [5.74, 6) is 0.799. The summed E-state index contributed by atoms with van der Waals surface area (Å²) in [6.07, 6.45) is 7.00. The lowest BCUT2D eigenvalue weighted by Gasteiger charge is -2.22. The first-order valence-electron chi connectivity index (χ1n) is 8.90. The summed E-state index contributed by atoms with van der Waals surface area (Å²) in [6.45, 7) is 2.37. The Bertz CT molecular complexity index is 776. The van der Waals surface area contributed by atoms with Gasteiger partial charge in [0, 0.05) is 19.0 Å². The molecule has 1 aliphatic rings. The minimum atomic E-state index is -0.0224. The fourth-order valence-electron chi connectivity index (χ4n) is 3.49. The van der Waals surface area contributed by atoms with E-state index in [1.165, 1.54) is 19.3 Å². The average Bonchev–Trinajstić information content (AvgIpc) is 2.59. The molecule has 0 aliphatic heterocycles. The van der Waals surface area contributed by atoms with Crippen molar-refractivity contribution in [2.45, 2.75) is 64.5 Å². The molecule has 1 heterocycles. The van der Waals surface area contributed by atoms with Crippen LogP contribution in [0.4, 0.5) is 0 Å². The highest BCUT2D eigenvalue weighted by Crippen LogP contribution is 2.17. The Kier molecular flexibility index (Phi) is 5.28. The molecule has 0 radical (unpaired) electrons. The molecular formula is C19H25N3O2. The normalized spacial score (nSPS) is 15.5. The third-order valence-corrected chi connectivity index (χ3v) is 4.81. The number of aryl methyl sites for hydroxylation is 1. The zero-order chi connectivity index (χ0) is 16.9. The standard InChI is InChI=1S/C19H25N3O2/c1-14-20-17-11-6-5-10-16(17)19(24)22(14)13-7-12-18(23)21-15-8-3-2-4-9-15/h5-6,10-11,15H,2-4,7-9,12-13H2,1H3,(H,21,23). The predicted octanol–water partition coefficient (Wildman–Crippen LogP) is 2.93. The van der Waals surface area contributed by atoms with Crippen LogP contribution in [0.3, 0.4) is 0 Å². The summed E-state index contributed by atoms with van der Waals surface area (Å²) in [6, 6.07) is 7.73. The number of nitrogens with one attached hydrogen (secondary N) is 1. The van der Waals surface area contributed by atoms with Crippen LogP contribution in [0, 0.1) is 6.92 Å². The number of carbonyl (C=O) groups is 1. The van der Waals surface area contributed by atoms with Crippen molar-refractivity contribution in [3.63, 3.8) is 0 Å². The van der Waals surface area contributed by atoms with Crippen molar-refractivity contribution in [1.82, 2.24) is 14.9 Å². The molecule has 1 aromatic carbocycles. The van der Waals surface area contributed by atoms with Gasteiger partial charge in [0.15, 0.2) is 0 Å². The third kappa shape index (κ3) is 3.83. The Balaban J connectivity index is 1.59. The number of nitrogens with zero attached hydrogens (tertiary/aromatic N) is 2. The van der Waals surface area contributed by atoms with Crippen molar-refractivity contribution in [3.8, 4) is 0 Å². The van der Waals surface area contributed by atoms with E-state index in [1.807, 2.05) is 25.1 Å². The summed E-state index contributed by atoms with van der Waals surface area (Å²) in [7, 11) is 0. The second-order valence-corrected chi connectivity index (χ2v) is 6.64. The molecule has 24 heavy (non-hydrogen) atoms. The van der Waals surface area contributed by atoms with Crippen LogP contribution in [0.1, 0.15) is 50.8 Å². The van der Waals surface area contributed by atoms with E-state index in [4.69, 9.17) is 0 Å². The van der Waals surface area contributed by atoms with Gasteiger partial charge in [-0.3, -0.25) is 14.2 Å². The molecule has 3 rings (SSSR count). The third-order valence-electron chi connectivity index (χ3n) is 4.81. The van der Waals surface area contributed by atoms with Gasteiger partial charge in [-0.25, -0.2) is 4.98 Å². The fraction of sp³-hybridized carbons (Fsp3) is 0.526. The number of aromatic nitrogens is 2. The fourth-order valence-corrected chi connectivity index (χ4v) is 3.49. The number of fused-ring (bicyclic) bond motifs is 1. The number of benzene rings is 1. The number of para-hydroxylation sites is 1. The molecule has 0 bridgehead atoms. The van der Waals surface area contributed by atoms with Crippen molar-refractivity contribution in [2.75, 3.05) is 0 Å². The van der Waals surface area contributed by atoms with Crippen LogP contribution in [-0.2, 0) is 11.3 Å².